The summed E-state index contributed by atoms with van der Waals surface area (Å²) in [6.45, 7) is 0.456. The summed E-state index contributed by atoms with van der Waals surface area (Å²) >= 11 is 1.34. The molecule has 0 fully saturated rings. The third kappa shape index (κ3) is 3.29. The molecule has 0 atom stereocenters. The SMILES string of the molecule is O=C(NCc1ccccc1)c1csc(-c2cc[nH]c(=O)c2)n1. The molecule has 0 saturated carbocycles. The van der Waals surface area contributed by atoms with Crippen molar-refractivity contribution in [1.29, 1.82) is 0 Å². The average Bonchev–Trinajstić information content (AvgIpc) is 3.04. The van der Waals surface area contributed by atoms with Gasteiger partial charge in [0.05, 0.1) is 0 Å². The van der Waals surface area contributed by atoms with E-state index in [9.17, 15) is 9.59 Å². The molecular weight excluding hydrogens is 298 g/mol. The van der Waals surface area contributed by atoms with Gasteiger partial charge in [-0.05, 0) is 11.6 Å². The Morgan fingerprint density at radius 3 is 2.82 bits per heavy atom. The van der Waals surface area contributed by atoms with Gasteiger partial charge in [0.25, 0.3) is 5.91 Å². The van der Waals surface area contributed by atoms with Gasteiger partial charge in [0.15, 0.2) is 0 Å². The lowest BCUT2D eigenvalue weighted by molar-refractivity contribution is 0.0946. The fourth-order valence-electron chi connectivity index (χ4n) is 1.96. The molecule has 0 unspecified atom stereocenters. The van der Waals surface area contributed by atoms with Gasteiger partial charge in [-0.1, -0.05) is 30.3 Å². The lowest BCUT2D eigenvalue weighted by atomic mass is 10.2. The molecule has 0 bridgehead atoms. The van der Waals surface area contributed by atoms with Crippen LogP contribution in [0.3, 0.4) is 0 Å². The molecule has 0 spiro atoms. The monoisotopic (exact) mass is 311 g/mol. The second-order valence-electron chi connectivity index (χ2n) is 4.65. The Morgan fingerprint density at radius 2 is 2.05 bits per heavy atom. The number of hydrogen-bond donors (Lipinski definition) is 2. The Balaban J connectivity index is 1.71. The van der Waals surface area contributed by atoms with Crippen LogP contribution >= 0.6 is 11.3 Å². The van der Waals surface area contributed by atoms with Crippen LogP contribution in [0.2, 0.25) is 0 Å². The number of carbonyl (C=O) groups excluding carboxylic acids is 1. The zero-order chi connectivity index (χ0) is 15.4. The zero-order valence-electron chi connectivity index (χ0n) is 11.6. The first-order valence-electron chi connectivity index (χ1n) is 6.69. The highest BCUT2D eigenvalue weighted by Gasteiger charge is 2.11. The first kappa shape index (κ1) is 14.2. The molecule has 0 aliphatic carbocycles. The zero-order valence-corrected chi connectivity index (χ0v) is 12.4. The molecule has 3 rings (SSSR count). The standard InChI is InChI=1S/C16H13N3O2S/c20-14-8-12(6-7-17-14)16-19-13(10-22-16)15(21)18-9-11-4-2-1-3-5-11/h1-8,10H,9H2,(H,17,20)(H,18,21). The molecule has 2 N–H and O–H groups in total. The van der Waals surface area contributed by atoms with E-state index in [1.807, 2.05) is 30.3 Å². The minimum Gasteiger partial charge on any atom is -0.347 e. The minimum atomic E-state index is -0.226. The molecular formula is C16H13N3O2S. The van der Waals surface area contributed by atoms with Crippen LogP contribution in [0.25, 0.3) is 10.6 Å². The molecule has 6 heteroatoms. The van der Waals surface area contributed by atoms with Gasteiger partial charge in [0.1, 0.15) is 10.7 Å². The number of thiazole rings is 1. The maximum atomic E-state index is 12.1. The summed E-state index contributed by atoms with van der Waals surface area (Å²) < 4.78 is 0. The number of pyridine rings is 1. The first-order valence-corrected chi connectivity index (χ1v) is 7.57. The van der Waals surface area contributed by atoms with Gasteiger partial charge in [-0.25, -0.2) is 4.98 Å². The van der Waals surface area contributed by atoms with Gasteiger partial charge in [-0.2, -0.15) is 0 Å². The average molecular weight is 311 g/mol. The Hall–Kier alpha value is -2.73. The molecule has 0 aliphatic heterocycles. The van der Waals surface area contributed by atoms with E-state index in [0.29, 0.717) is 22.8 Å². The second-order valence-corrected chi connectivity index (χ2v) is 5.51. The molecule has 0 radical (unpaired) electrons. The summed E-state index contributed by atoms with van der Waals surface area (Å²) in [5, 5.41) is 5.17. The van der Waals surface area contributed by atoms with Crippen molar-refractivity contribution in [2.75, 3.05) is 0 Å². The maximum Gasteiger partial charge on any atom is 0.271 e. The van der Waals surface area contributed by atoms with Crippen LogP contribution in [-0.2, 0) is 6.54 Å². The largest absolute Gasteiger partial charge is 0.347 e. The molecule has 2 heterocycles. The van der Waals surface area contributed by atoms with Crippen LogP contribution in [0.1, 0.15) is 16.1 Å². The van der Waals surface area contributed by atoms with Gasteiger partial charge in [-0.15, -0.1) is 11.3 Å². The minimum absolute atomic E-state index is 0.192. The number of H-pyrrole nitrogens is 1. The summed E-state index contributed by atoms with van der Waals surface area (Å²) in [6.07, 6.45) is 1.56. The fraction of sp³-hybridized carbons (Fsp3) is 0.0625. The number of benzene rings is 1. The van der Waals surface area contributed by atoms with E-state index < -0.39 is 0 Å². The predicted octanol–water partition coefficient (Wildman–Crippen LogP) is 2.43. The van der Waals surface area contributed by atoms with Crippen molar-refractivity contribution in [2.45, 2.75) is 6.54 Å². The highest BCUT2D eigenvalue weighted by Crippen LogP contribution is 2.22. The van der Waals surface area contributed by atoms with Gasteiger partial charge < -0.3 is 10.3 Å². The van der Waals surface area contributed by atoms with Crippen molar-refractivity contribution < 1.29 is 4.79 Å². The second kappa shape index (κ2) is 6.36. The molecule has 3 aromatic rings. The van der Waals surface area contributed by atoms with E-state index in [0.717, 1.165) is 5.56 Å². The van der Waals surface area contributed by atoms with Crippen molar-refractivity contribution >= 4 is 17.2 Å². The van der Waals surface area contributed by atoms with E-state index in [1.165, 1.54) is 17.4 Å². The van der Waals surface area contributed by atoms with Crippen molar-refractivity contribution in [2.24, 2.45) is 0 Å². The lowest BCUT2D eigenvalue weighted by Crippen LogP contribution is -2.23. The Kier molecular flexibility index (Phi) is 4.11. The van der Waals surface area contributed by atoms with Crippen LogP contribution < -0.4 is 10.9 Å². The molecule has 1 aromatic carbocycles. The van der Waals surface area contributed by atoms with Crippen molar-refractivity contribution in [1.82, 2.24) is 15.3 Å². The van der Waals surface area contributed by atoms with Crippen molar-refractivity contribution in [3.8, 4) is 10.6 Å². The number of hydrogen-bond acceptors (Lipinski definition) is 4. The quantitative estimate of drug-likeness (QED) is 0.777. The van der Waals surface area contributed by atoms with E-state index in [4.69, 9.17) is 0 Å². The van der Waals surface area contributed by atoms with Crippen molar-refractivity contribution in [3.05, 3.63) is 75.7 Å². The van der Waals surface area contributed by atoms with Gasteiger partial charge in [0, 0.05) is 29.8 Å². The highest BCUT2D eigenvalue weighted by atomic mass is 32.1. The van der Waals surface area contributed by atoms with E-state index in [-0.39, 0.29) is 11.5 Å². The summed E-state index contributed by atoms with van der Waals surface area (Å²) in [4.78, 5) is 30.2. The van der Waals surface area contributed by atoms with E-state index in [2.05, 4.69) is 15.3 Å². The van der Waals surface area contributed by atoms with Gasteiger partial charge >= 0.3 is 0 Å². The van der Waals surface area contributed by atoms with Gasteiger partial charge in [-0.3, -0.25) is 9.59 Å². The molecule has 1 amide bonds. The first-order chi connectivity index (χ1) is 10.7. The highest BCUT2D eigenvalue weighted by molar-refractivity contribution is 7.13. The summed E-state index contributed by atoms with van der Waals surface area (Å²) in [5.41, 5.74) is 1.90. The van der Waals surface area contributed by atoms with Crippen LogP contribution in [-0.4, -0.2) is 15.9 Å². The van der Waals surface area contributed by atoms with Crippen LogP contribution in [0.5, 0.6) is 0 Å². The number of aromatic nitrogens is 2. The lowest BCUT2D eigenvalue weighted by Gasteiger charge is -2.02. The van der Waals surface area contributed by atoms with Crippen LogP contribution in [0.15, 0.2) is 58.8 Å². The number of aromatic amines is 1. The Bertz CT molecular complexity index is 840. The Labute approximate surface area is 130 Å². The molecule has 0 aliphatic rings. The smallest absolute Gasteiger partial charge is 0.271 e. The molecule has 0 saturated heterocycles. The number of nitrogens with one attached hydrogen (secondary N) is 2. The normalized spacial score (nSPS) is 10.4. The number of rotatable bonds is 4. The van der Waals surface area contributed by atoms with E-state index >= 15 is 0 Å². The van der Waals surface area contributed by atoms with Gasteiger partial charge in [0.2, 0.25) is 5.56 Å². The topological polar surface area (TPSA) is 74.8 Å². The number of nitrogens with zero attached hydrogens (tertiary/aromatic N) is 1. The molecule has 110 valence electrons. The third-order valence-corrected chi connectivity index (χ3v) is 3.95. The molecule has 22 heavy (non-hydrogen) atoms. The maximum absolute atomic E-state index is 12.1. The Morgan fingerprint density at radius 1 is 1.23 bits per heavy atom. The summed E-state index contributed by atoms with van der Waals surface area (Å²) in [7, 11) is 0. The summed E-state index contributed by atoms with van der Waals surface area (Å²) in [6, 6.07) is 12.9. The third-order valence-electron chi connectivity index (χ3n) is 3.05. The van der Waals surface area contributed by atoms with Crippen LogP contribution in [0.4, 0.5) is 0 Å². The molecule has 5 nitrogen and oxygen atoms in total. The summed E-state index contributed by atoms with van der Waals surface area (Å²) in [5.74, 6) is -0.226. The number of carbonyl (C=O) groups is 1. The van der Waals surface area contributed by atoms with Crippen LogP contribution in [0, 0.1) is 0 Å². The van der Waals surface area contributed by atoms with Crippen molar-refractivity contribution in [3.63, 3.8) is 0 Å². The molecule has 2 aromatic heterocycles. The number of amides is 1. The van der Waals surface area contributed by atoms with E-state index in [1.54, 1.807) is 17.6 Å². The fourth-order valence-corrected chi connectivity index (χ4v) is 2.75. The predicted molar refractivity (Wildman–Crippen MR) is 85.8 cm³/mol.